The molecule has 0 rings (SSSR count). The molecule has 0 aliphatic heterocycles. The molecule has 0 bridgehead atoms. The van der Waals surface area contributed by atoms with E-state index in [1.165, 1.54) is 0 Å². The molecule has 0 aliphatic rings. The van der Waals surface area contributed by atoms with Crippen molar-refractivity contribution in [1.82, 2.24) is 0 Å². The standard InChI is InChI=1S/C6H15O3PS/c7-10(8,9)5-3-1-2-4-6-11/h11H,1-6H2,(H2,7,8,9). The molecule has 0 aromatic rings. The van der Waals surface area contributed by atoms with Gasteiger partial charge in [0.15, 0.2) is 0 Å². The van der Waals surface area contributed by atoms with Crippen LogP contribution in [0.5, 0.6) is 0 Å². The lowest BCUT2D eigenvalue weighted by Gasteiger charge is -2.02. The lowest BCUT2D eigenvalue weighted by Crippen LogP contribution is -1.88. The van der Waals surface area contributed by atoms with Crippen molar-refractivity contribution in [3.63, 3.8) is 0 Å². The molecule has 0 atom stereocenters. The molecule has 0 saturated carbocycles. The zero-order chi connectivity index (χ0) is 8.74. The lowest BCUT2D eigenvalue weighted by molar-refractivity contribution is 0.371. The van der Waals surface area contributed by atoms with Gasteiger partial charge in [-0.15, -0.1) is 0 Å². The first-order valence-electron chi connectivity index (χ1n) is 3.72. The minimum atomic E-state index is -3.73. The van der Waals surface area contributed by atoms with Crippen LogP contribution in [0.1, 0.15) is 25.7 Å². The second-order valence-electron chi connectivity index (χ2n) is 2.53. The maximum atomic E-state index is 10.3. The Hall–Kier alpha value is 0.500. The summed E-state index contributed by atoms with van der Waals surface area (Å²) in [7, 11) is -3.73. The van der Waals surface area contributed by atoms with Gasteiger partial charge in [-0.05, 0) is 18.6 Å². The maximum Gasteiger partial charge on any atom is 0.325 e. The van der Waals surface area contributed by atoms with Crippen LogP contribution in [0.15, 0.2) is 0 Å². The van der Waals surface area contributed by atoms with Gasteiger partial charge in [0.05, 0.1) is 0 Å². The van der Waals surface area contributed by atoms with Crippen molar-refractivity contribution >= 4 is 20.2 Å². The van der Waals surface area contributed by atoms with Crippen molar-refractivity contribution in [2.24, 2.45) is 0 Å². The van der Waals surface area contributed by atoms with Gasteiger partial charge in [-0.2, -0.15) is 12.6 Å². The first-order valence-corrected chi connectivity index (χ1v) is 6.15. The summed E-state index contributed by atoms with van der Waals surface area (Å²) in [4.78, 5) is 16.9. The summed E-state index contributed by atoms with van der Waals surface area (Å²) in [6.45, 7) is 0. The van der Waals surface area contributed by atoms with Gasteiger partial charge >= 0.3 is 7.60 Å². The summed E-state index contributed by atoms with van der Waals surface area (Å²) < 4.78 is 10.3. The Balaban J connectivity index is 3.09. The molecule has 0 amide bonds. The molecule has 11 heavy (non-hydrogen) atoms. The molecule has 5 heteroatoms. The van der Waals surface area contributed by atoms with Crippen LogP contribution in [0.2, 0.25) is 0 Å². The summed E-state index contributed by atoms with van der Waals surface area (Å²) in [5.41, 5.74) is 0. The van der Waals surface area contributed by atoms with E-state index in [0.717, 1.165) is 25.0 Å². The Morgan fingerprint density at radius 1 is 1.09 bits per heavy atom. The third-order valence-electron chi connectivity index (χ3n) is 1.36. The molecule has 0 aromatic carbocycles. The highest BCUT2D eigenvalue weighted by Gasteiger charge is 2.10. The third-order valence-corrected chi connectivity index (χ3v) is 2.57. The van der Waals surface area contributed by atoms with Crippen LogP contribution in [0.25, 0.3) is 0 Å². The van der Waals surface area contributed by atoms with Crippen LogP contribution < -0.4 is 0 Å². The van der Waals surface area contributed by atoms with Crippen LogP contribution in [0, 0.1) is 0 Å². The maximum absolute atomic E-state index is 10.3. The van der Waals surface area contributed by atoms with Crippen LogP contribution in [0.3, 0.4) is 0 Å². The first kappa shape index (κ1) is 11.5. The van der Waals surface area contributed by atoms with Crippen molar-refractivity contribution in [3.8, 4) is 0 Å². The predicted octanol–water partition coefficient (Wildman–Crippen LogP) is 1.65. The molecule has 3 nitrogen and oxygen atoms in total. The molecule has 0 spiro atoms. The number of thiol groups is 1. The molecular formula is C6H15O3PS. The highest BCUT2D eigenvalue weighted by molar-refractivity contribution is 7.80. The van der Waals surface area contributed by atoms with Crippen molar-refractivity contribution in [2.45, 2.75) is 25.7 Å². The Kier molecular flexibility index (Phi) is 6.34. The fraction of sp³-hybridized carbons (Fsp3) is 1.00. The van der Waals surface area contributed by atoms with E-state index in [9.17, 15) is 4.57 Å². The quantitative estimate of drug-likeness (QED) is 0.345. The van der Waals surface area contributed by atoms with Crippen LogP contribution >= 0.6 is 20.2 Å². The van der Waals surface area contributed by atoms with E-state index >= 15 is 0 Å². The van der Waals surface area contributed by atoms with Crippen LogP contribution in [-0.2, 0) is 4.57 Å². The van der Waals surface area contributed by atoms with Crippen molar-refractivity contribution in [1.29, 1.82) is 0 Å². The Labute approximate surface area is 72.8 Å². The molecule has 68 valence electrons. The van der Waals surface area contributed by atoms with E-state index in [-0.39, 0.29) is 6.16 Å². The molecule has 0 saturated heterocycles. The van der Waals surface area contributed by atoms with Gasteiger partial charge in [0.2, 0.25) is 0 Å². The van der Waals surface area contributed by atoms with Gasteiger partial charge in [0, 0.05) is 6.16 Å². The van der Waals surface area contributed by atoms with Crippen molar-refractivity contribution in [2.75, 3.05) is 11.9 Å². The fourth-order valence-electron chi connectivity index (χ4n) is 0.783. The van der Waals surface area contributed by atoms with Gasteiger partial charge in [0.25, 0.3) is 0 Å². The van der Waals surface area contributed by atoms with Crippen molar-refractivity contribution in [3.05, 3.63) is 0 Å². The Bertz CT molecular complexity index is 134. The molecule has 2 N–H and O–H groups in total. The number of unbranched alkanes of at least 4 members (excludes halogenated alkanes) is 3. The summed E-state index contributed by atoms with van der Waals surface area (Å²) in [6, 6.07) is 0. The summed E-state index contributed by atoms with van der Waals surface area (Å²) in [6.07, 6.45) is 3.59. The molecule has 0 fully saturated rings. The molecule has 0 heterocycles. The van der Waals surface area contributed by atoms with Crippen LogP contribution in [-0.4, -0.2) is 21.7 Å². The molecule has 0 aliphatic carbocycles. The fourth-order valence-corrected chi connectivity index (χ4v) is 1.64. The predicted molar refractivity (Wildman–Crippen MR) is 49.2 cm³/mol. The minimum absolute atomic E-state index is 0.0274. The van der Waals surface area contributed by atoms with E-state index < -0.39 is 7.60 Å². The monoisotopic (exact) mass is 198 g/mol. The van der Waals surface area contributed by atoms with Gasteiger partial charge in [-0.1, -0.05) is 12.8 Å². The second-order valence-corrected chi connectivity index (χ2v) is 4.75. The number of rotatable bonds is 6. The van der Waals surface area contributed by atoms with E-state index in [2.05, 4.69) is 12.6 Å². The normalized spacial score (nSPS) is 11.9. The highest BCUT2D eigenvalue weighted by atomic mass is 32.1. The van der Waals surface area contributed by atoms with E-state index in [1.54, 1.807) is 0 Å². The van der Waals surface area contributed by atoms with E-state index in [0.29, 0.717) is 6.42 Å². The van der Waals surface area contributed by atoms with Gasteiger partial charge < -0.3 is 9.79 Å². The van der Waals surface area contributed by atoms with Gasteiger partial charge in [-0.25, -0.2) is 0 Å². The number of hydrogen-bond donors (Lipinski definition) is 3. The lowest BCUT2D eigenvalue weighted by atomic mass is 10.2. The van der Waals surface area contributed by atoms with Crippen LogP contribution in [0.4, 0.5) is 0 Å². The SMILES string of the molecule is O=P(O)(O)CCCCCCS. The van der Waals surface area contributed by atoms with E-state index in [1.807, 2.05) is 0 Å². The van der Waals surface area contributed by atoms with Gasteiger partial charge in [-0.3, -0.25) is 4.57 Å². The average molecular weight is 198 g/mol. The Morgan fingerprint density at radius 3 is 2.09 bits per heavy atom. The topological polar surface area (TPSA) is 57.5 Å². The molecular weight excluding hydrogens is 183 g/mol. The van der Waals surface area contributed by atoms with Crippen molar-refractivity contribution < 1.29 is 14.4 Å². The summed E-state index contributed by atoms with van der Waals surface area (Å²) >= 11 is 4.03. The molecule has 0 radical (unpaired) electrons. The number of hydrogen-bond acceptors (Lipinski definition) is 2. The third kappa shape index (κ3) is 10.5. The highest BCUT2D eigenvalue weighted by Crippen LogP contribution is 2.35. The zero-order valence-electron chi connectivity index (χ0n) is 6.44. The molecule has 0 aromatic heterocycles. The average Bonchev–Trinajstić information content (AvgIpc) is 1.85. The summed E-state index contributed by atoms with van der Waals surface area (Å²) in [5.74, 6) is 0.857. The summed E-state index contributed by atoms with van der Waals surface area (Å²) in [5, 5.41) is 0. The second kappa shape index (κ2) is 6.06. The molecule has 0 unspecified atom stereocenters. The van der Waals surface area contributed by atoms with E-state index in [4.69, 9.17) is 9.79 Å². The smallest absolute Gasteiger partial charge is 0.324 e. The Morgan fingerprint density at radius 2 is 1.64 bits per heavy atom. The first-order chi connectivity index (χ1) is 5.06. The zero-order valence-corrected chi connectivity index (χ0v) is 8.23. The van der Waals surface area contributed by atoms with Gasteiger partial charge in [0.1, 0.15) is 0 Å². The minimum Gasteiger partial charge on any atom is -0.324 e. The largest absolute Gasteiger partial charge is 0.325 e.